The van der Waals surface area contributed by atoms with Gasteiger partial charge in [0.1, 0.15) is 0 Å². The highest BCUT2D eigenvalue weighted by Gasteiger charge is 2.15. The van der Waals surface area contributed by atoms with Crippen LogP contribution in [0.25, 0.3) is 0 Å². The van der Waals surface area contributed by atoms with Gasteiger partial charge < -0.3 is 9.79 Å². The lowest BCUT2D eigenvalue weighted by Crippen LogP contribution is -2.02. The van der Waals surface area contributed by atoms with Crippen molar-refractivity contribution >= 4 is 25.5 Å². The smallest absolute Gasteiger partial charge is 0.321 e. The predicted octanol–water partition coefficient (Wildman–Crippen LogP) is 0.778. The predicted molar refractivity (Wildman–Crippen MR) is 45.4 cm³/mol. The summed E-state index contributed by atoms with van der Waals surface area (Å²) in [6.45, 7) is 0. The van der Waals surface area contributed by atoms with Crippen LogP contribution in [0.3, 0.4) is 0 Å². The van der Waals surface area contributed by atoms with E-state index in [0.717, 1.165) is 0 Å². The normalized spacial score (nSPS) is 11.5. The van der Waals surface area contributed by atoms with Gasteiger partial charge >= 0.3 is 7.60 Å². The lowest BCUT2D eigenvalue weighted by Gasteiger charge is -2.02. The van der Waals surface area contributed by atoms with Crippen LogP contribution in [0.4, 0.5) is 0 Å². The summed E-state index contributed by atoms with van der Waals surface area (Å²) in [7, 11) is -4.09. The molecule has 0 bridgehead atoms. The fraction of sp³-hybridized carbons (Fsp3) is 0. The van der Waals surface area contributed by atoms with E-state index in [-0.39, 0.29) is 5.30 Å². The zero-order valence-electron chi connectivity index (χ0n) is 5.51. The summed E-state index contributed by atoms with van der Waals surface area (Å²) in [5.41, 5.74) is 0. The molecule has 0 aliphatic carbocycles. The second-order valence-electron chi connectivity index (χ2n) is 2.06. The summed E-state index contributed by atoms with van der Waals surface area (Å²) in [6, 6.07) is 5.93. The molecule has 0 spiro atoms. The Labute approximate surface area is 69.6 Å². The van der Waals surface area contributed by atoms with Crippen LogP contribution in [-0.4, -0.2) is 9.79 Å². The lowest BCUT2D eigenvalue weighted by atomic mass is 10.4. The molecule has 0 saturated carbocycles. The minimum atomic E-state index is -4.09. The Balaban J connectivity index is 3.17. The fourth-order valence-electron chi connectivity index (χ4n) is 0.674. The summed E-state index contributed by atoms with van der Waals surface area (Å²) in [5.74, 6) is 0. The summed E-state index contributed by atoms with van der Waals surface area (Å²) in [6.07, 6.45) is 0. The first kappa shape index (κ1) is 8.81. The average molecular weight is 190 g/mol. The molecule has 0 aliphatic rings. The van der Waals surface area contributed by atoms with E-state index in [0.29, 0.717) is 4.90 Å². The van der Waals surface area contributed by atoms with Gasteiger partial charge in [-0.3, -0.25) is 4.57 Å². The van der Waals surface area contributed by atoms with E-state index in [9.17, 15) is 4.57 Å². The zero-order valence-corrected chi connectivity index (χ0v) is 7.30. The van der Waals surface area contributed by atoms with E-state index in [4.69, 9.17) is 9.79 Å². The minimum absolute atomic E-state index is 0.00463. The monoisotopic (exact) mass is 190 g/mol. The van der Waals surface area contributed by atoms with Crippen molar-refractivity contribution in [2.24, 2.45) is 0 Å². The van der Waals surface area contributed by atoms with Gasteiger partial charge in [-0.05, 0) is 18.2 Å². The van der Waals surface area contributed by atoms with Crippen molar-refractivity contribution in [2.75, 3.05) is 0 Å². The Bertz CT molecular complexity index is 306. The van der Waals surface area contributed by atoms with Crippen LogP contribution in [0, 0.1) is 0 Å². The van der Waals surface area contributed by atoms with Gasteiger partial charge in [-0.25, -0.2) is 0 Å². The molecule has 0 aromatic heterocycles. The standard InChI is InChI=1S/C6H7O3PS/c7-10(8,9)5-2-1-3-6(11)4-5/h1-4,11H,(H2,7,8,9). The van der Waals surface area contributed by atoms with Crippen molar-refractivity contribution in [3.8, 4) is 0 Å². The Morgan fingerprint density at radius 2 is 2.00 bits per heavy atom. The molecule has 1 aromatic carbocycles. The molecule has 0 saturated heterocycles. The molecule has 1 aromatic rings. The van der Waals surface area contributed by atoms with Gasteiger partial charge in [0.2, 0.25) is 0 Å². The average Bonchev–Trinajstić information content (AvgIpc) is 1.86. The molecular formula is C6H7O3PS. The first-order valence-electron chi connectivity index (χ1n) is 2.85. The molecule has 60 valence electrons. The van der Waals surface area contributed by atoms with E-state index in [2.05, 4.69) is 12.6 Å². The van der Waals surface area contributed by atoms with Crippen LogP contribution in [0.2, 0.25) is 0 Å². The highest BCUT2D eigenvalue weighted by Crippen LogP contribution is 2.33. The Hall–Kier alpha value is -0.280. The third kappa shape index (κ3) is 2.34. The van der Waals surface area contributed by atoms with Crippen molar-refractivity contribution in [1.82, 2.24) is 0 Å². The van der Waals surface area contributed by atoms with Crippen molar-refractivity contribution in [3.63, 3.8) is 0 Å². The Kier molecular flexibility index (Phi) is 2.40. The third-order valence-electron chi connectivity index (χ3n) is 1.17. The van der Waals surface area contributed by atoms with E-state index in [1.165, 1.54) is 12.1 Å². The summed E-state index contributed by atoms with van der Waals surface area (Å²) in [4.78, 5) is 17.9. The topological polar surface area (TPSA) is 57.5 Å². The van der Waals surface area contributed by atoms with E-state index < -0.39 is 7.60 Å². The number of benzene rings is 1. The van der Waals surface area contributed by atoms with Gasteiger partial charge in [-0.15, -0.1) is 12.6 Å². The van der Waals surface area contributed by atoms with Crippen LogP contribution < -0.4 is 5.30 Å². The summed E-state index contributed by atoms with van der Waals surface area (Å²) in [5, 5.41) is 0.00463. The van der Waals surface area contributed by atoms with Crippen LogP contribution in [0.5, 0.6) is 0 Å². The SMILES string of the molecule is O=P(O)(O)c1cccc(S)c1. The number of thiol groups is 1. The van der Waals surface area contributed by atoms with Gasteiger partial charge in [0.05, 0.1) is 5.30 Å². The molecule has 3 nitrogen and oxygen atoms in total. The van der Waals surface area contributed by atoms with E-state index in [1.807, 2.05) is 0 Å². The van der Waals surface area contributed by atoms with Crippen LogP contribution in [0.15, 0.2) is 29.2 Å². The number of rotatable bonds is 1. The molecule has 1 rings (SSSR count). The molecule has 5 heteroatoms. The molecule has 0 atom stereocenters. The van der Waals surface area contributed by atoms with Crippen molar-refractivity contribution in [3.05, 3.63) is 24.3 Å². The van der Waals surface area contributed by atoms with Gasteiger partial charge in [-0.1, -0.05) is 6.07 Å². The molecule has 0 heterocycles. The second kappa shape index (κ2) is 2.99. The number of hydrogen-bond donors (Lipinski definition) is 3. The third-order valence-corrected chi connectivity index (χ3v) is 2.40. The Morgan fingerprint density at radius 3 is 2.36 bits per heavy atom. The molecule has 0 unspecified atom stereocenters. The van der Waals surface area contributed by atoms with Crippen LogP contribution >= 0.6 is 20.2 Å². The summed E-state index contributed by atoms with van der Waals surface area (Å²) >= 11 is 3.94. The molecular weight excluding hydrogens is 183 g/mol. The molecule has 11 heavy (non-hydrogen) atoms. The maximum Gasteiger partial charge on any atom is 0.356 e. The second-order valence-corrected chi connectivity index (χ2v) is 4.18. The van der Waals surface area contributed by atoms with Crippen molar-refractivity contribution in [2.45, 2.75) is 4.90 Å². The van der Waals surface area contributed by atoms with E-state index >= 15 is 0 Å². The molecule has 2 N–H and O–H groups in total. The highest BCUT2D eigenvalue weighted by molar-refractivity contribution is 7.80. The van der Waals surface area contributed by atoms with Gasteiger partial charge in [0, 0.05) is 4.90 Å². The van der Waals surface area contributed by atoms with E-state index in [1.54, 1.807) is 12.1 Å². The van der Waals surface area contributed by atoms with Gasteiger partial charge in [-0.2, -0.15) is 0 Å². The largest absolute Gasteiger partial charge is 0.356 e. The number of hydrogen-bond acceptors (Lipinski definition) is 2. The van der Waals surface area contributed by atoms with Crippen molar-refractivity contribution < 1.29 is 14.4 Å². The van der Waals surface area contributed by atoms with Crippen molar-refractivity contribution in [1.29, 1.82) is 0 Å². The van der Waals surface area contributed by atoms with Crippen LogP contribution in [0.1, 0.15) is 0 Å². The minimum Gasteiger partial charge on any atom is -0.321 e. The molecule has 0 radical (unpaired) electrons. The maximum absolute atomic E-state index is 10.6. The summed E-state index contributed by atoms with van der Waals surface area (Å²) < 4.78 is 10.6. The van der Waals surface area contributed by atoms with Gasteiger partial charge in [0.25, 0.3) is 0 Å². The first-order chi connectivity index (χ1) is 5.00. The van der Waals surface area contributed by atoms with Gasteiger partial charge in [0.15, 0.2) is 0 Å². The fourth-order valence-corrected chi connectivity index (χ4v) is 1.59. The maximum atomic E-state index is 10.6. The molecule has 0 aliphatic heterocycles. The Morgan fingerprint density at radius 1 is 1.36 bits per heavy atom. The highest BCUT2D eigenvalue weighted by atomic mass is 32.1. The molecule has 0 amide bonds. The molecule has 0 fully saturated rings. The first-order valence-corrected chi connectivity index (χ1v) is 4.91. The zero-order chi connectivity index (χ0) is 8.48. The lowest BCUT2D eigenvalue weighted by molar-refractivity contribution is 0.387. The van der Waals surface area contributed by atoms with Crippen LogP contribution in [-0.2, 0) is 4.57 Å². The quantitative estimate of drug-likeness (QED) is 0.453.